The second-order valence-electron chi connectivity index (χ2n) is 4.63. The van der Waals surface area contributed by atoms with E-state index in [0.29, 0.717) is 6.04 Å². The van der Waals surface area contributed by atoms with Crippen LogP contribution in [0, 0.1) is 5.92 Å². The van der Waals surface area contributed by atoms with E-state index in [0.717, 1.165) is 19.0 Å². The molecule has 0 bridgehead atoms. The Labute approximate surface area is 91.9 Å². The Kier molecular flexibility index (Phi) is 3.41. The van der Waals surface area contributed by atoms with Crippen LogP contribution in [0.15, 0.2) is 12.5 Å². The molecule has 84 valence electrons. The zero-order chi connectivity index (χ0) is 10.7. The van der Waals surface area contributed by atoms with Gasteiger partial charge in [0.25, 0.3) is 0 Å². The number of aromatic nitrogens is 2. The molecule has 3 nitrogen and oxygen atoms in total. The van der Waals surface area contributed by atoms with Crippen LogP contribution in [0.2, 0.25) is 0 Å². The van der Waals surface area contributed by atoms with Crippen LogP contribution in [0.4, 0.5) is 0 Å². The molecule has 1 N–H and O–H groups in total. The zero-order valence-electron chi connectivity index (χ0n) is 9.74. The highest BCUT2D eigenvalue weighted by atomic mass is 15.1. The molecule has 1 fully saturated rings. The van der Waals surface area contributed by atoms with E-state index < -0.39 is 0 Å². The summed E-state index contributed by atoms with van der Waals surface area (Å²) in [6, 6.07) is 0.538. The van der Waals surface area contributed by atoms with Crippen molar-refractivity contribution in [2.24, 2.45) is 5.92 Å². The van der Waals surface area contributed by atoms with Crippen LogP contribution in [-0.4, -0.2) is 16.1 Å². The molecule has 0 saturated carbocycles. The molecule has 1 saturated heterocycles. The Hall–Kier alpha value is -0.830. The first-order valence-electron chi connectivity index (χ1n) is 6.04. The van der Waals surface area contributed by atoms with E-state index >= 15 is 0 Å². The summed E-state index contributed by atoms with van der Waals surface area (Å²) in [4.78, 5) is 4.28. The predicted octanol–water partition coefficient (Wildman–Crippen LogP) is 2.35. The number of nitrogens with one attached hydrogen (secondary N) is 1. The standard InChI is InChI=1S/C12H21N3/c1-3-10(2)8-15-9-13-7-12(15)11-5-4-6-14-11/h7,9-11,14H,3-6,8H2,1-2H3/t10?,11-/m0/s1. The van der Waals surface area contributed by atoms with E-state index in [4.69, 9.17) is 0 Å². The summed E-state index contributed by atoms with van der Waals surface area (Å²) in [5, 5.41) is 3.53. The fraction of sp³-hybridized carbons (Fsp3) is 0.750. The van der Waals surface area contributed by atoms with Crippen LogP contribution in [-0.2, 0) is 6.54 Å². The van der Waals surface area contributed by atoms with Gasteiger partial charge in [-0.25, -0.2) is 4.98 Å². The molecule has 0 aromatic carbocycles. The van der Waals surface area contributed by atoms with Crippen molar-refractivity contribution in [3.8, 4) is 0 Å². The molecule has 0 spiro atoms. The Morgan fingerprint density at radius 3 is 3.20 bits per heavy atom. The summed E-state index contributed by atoms with van der Waals surface area (Å²) in [6.45, 7) is 6.80. The van der Waals surface area contributed by atoms with Crippen molar-refractivity contribution >= 4 is 0 Å². The van der Waals surface area contributed by atoms with Gasteiger partial charge in [0.2, 0.25) is 0 Å². The minimum atomic E-state index is 0.538. The molecule has 1 aliphatic rings. The van der Waals surface area contributed by atoms with Crippen molar-refractivity contribution in [3.63, 3.8) is 0 Å². The first-order valence-corrected chi connectivity index (χ1v) is 6.04. The summed E-state index contributed by atoms with van der Waals surface area (Å²) in [5.41, 5.74) is 1.37. The summed E-state index contributed by atoms with van der Waals surface area (Å²) < 4.78 is 2.32. The van der Waals surface area contributed by atoms with Gasteiger partial charge in [0.05, 0.1) is 12.0 Å². The van der Waals surface area contributed by atoms with Crippen LogP contribution in [0.5, 0.6) is 0 Å². The normalized spacial score (nSPS) is 23.2. The van der Waals surface area contributed by atoms with E-state index in [-0.39, 0.29) is 0 Å². The second-order valence-corrected chi connectivity index (χ2v) is 4.63. The maximum atomic E-state index is 4.28. The number of hydrogen-bond donors (Lipinski definition) is 1. The summed E-state index contributed by atoms with van der Waals surface area (Å²) in [7, 11) is 0. The number of rotatable bonds is 4. The van der Waals surface area contributed by atoms with Crippen LogP contribution in [0.25, 0.3) is 0 Å². The summed E-state index contributed by atoms with van der Waals surface area (Å²) in [5.74, 6) is 0.736. The first kappa shape index (κ1) is 10.7. The topological polar surface area (TPSA) is 29.9 Å². The van der Waals surface area contributed by atoms with Gasteiger partial charge in [-0.15, -0.1) is 0 Å². The van der Waals surface area contributed by atoms with Gasteiger partial charge in [-0.05, 0) is 25.3 Å². The lowest BCUT2D eigenvalue weighted by Gasteiger charge is -2.16. The van der Waals surface area contributed by atoms with E-state index in [9.17, 15) is 0 Å². The lowest BCUT2D eigenvalue weighted by Crippen LogP contribution is -2.18. The minimum absolute atomic E-state index is 0.538. The van der Waals surface area contributed by atoms with Gasteiger partial charge in [0.15, 0.2) is 0 Å². The summed E-state index contributed by atoms with van der Waals surface area (Å²) >= 11 is 0. The first-order chi connectivity index (χ1) is 7.31. The highest BCUT2D eigenvalue weighted by molar-refractivity contribution is 5.07. The largest absolute Gasteiger partial charge is 0.333 e. The van der Waals surface area contributed by atoms with Crippen LogP contribution in [0.1, 0.15) is 44.8 Å². The lowest BCUT2D eigenvalue weighted by atomic mass is 10.1. The number of nitrogens with zero attached hydrogens (tertiary/aromatic N) is 2. The highest BCUT2D eigenvalue weighted by Gasteiger charge is 2.19. The Morgan fingerprint density at radius 2 is 2.53 bits per heavy atom. The Morgan fingerprint density at radius 1 is 1.67 bits per heavy atom. The molecule has 1 aliphatic heterocycles. The molecular weight excluding hydrogens is 186 g/mol. The van der Waals surface area contributed by atoms with E-state index in [1.165, 1.54) is 25.0 Å². The number of hydrogen-bond acceptors (Lipinski definition) is 2. The molecule has 0 aliphatic carbocycles. The van der Waals surface area contributed by atoms with E-state index in [1.54, 1.807) is 0 Å². The van der Waals surface area contributed by atoms with Crippen molar-refractivity contribution < 1.29 is 0 Å². The van der Waals surface area contributed by atoms with Crippen molar-refractivity contribution in [1.82, 2.24) is 14.9 Å². The average molecular weight is 207 g/mol. The smallest absolute Gasteiger partial charge is 0.0948 e. The molecule has 2 rings (SSSR count). The van der Waals surface area contributed by atoms with Gasteiger partial charge in [-0.3, -0.25) is 0 Å². The fourth-order valence-electron chi connectivity index (χ4n) is 2.18. The molecule has 3 heteroatoms. The molecule has 1 unspecified atom stereocenters. The molecule has 0 amide bonds. The second kappa shape index (κ2) is 4.79. The van der Waals surface area contributed by atoms with Gasteiger partial charge in [-0.2, -0.15) is 0 Å². The van der Waals surface area contributed by atoms with Crippen molar-refractivity contribution in [2.75, 3.05) is 6.54 Å². The van der Waals surface area contributed by atoms with Crippen molar-refractivity contribution in [2.45, 2.75) is 45.7 Å². The maximum Gasteiger partial charge on any atom is 0.0948 e. The van der Waals surface area contributed by atoms with Crippen LogP contribution in [0.3, 0.4) is 0 Å². The molecule has 1 aromatic heterocycles. The van der Waals surface area contributed by atoms with Gasteiger partial charge >= 0.3 is 0 Å². The minimum Gasteiger partial charge on any atom is -0.333 e. The third-order valence-corrected chi connectivity index (χ3v) is 3.37. The van der Waals surface area contributed by atoms with Crippen LogP contribution < -0.4 is 5.32 Å². The average Bonchev–Trinajstić information content (AvgIpc) is 2.86. The van der Waals surface area contributed by atoms with Crippen molar-refractivity contribution in [3.05, 3.63) is 18.2 Å². The molecule has 2 atom stereocenters. The van der Waals surface area contributed by atoms with Crippen molar-refractivity contribution in [1.29, 1.82) is 0 Å². The Balaban J connectivity index is 2.07. The molecule has 0 radical (unpaired) electrons. The monoisotopic (exact) mass is 207 g/mol. The van der Waals surface area contributed by atoms with Gasteiger partial charge in [0.1, 0.15) is 0 Å². The quantitative estimate of drug-likeness (QED) is 0.821. The van der Waals surface area contributed by atoms with Gasteiger partial charge in [-0.1, -0.05) is 20.3 Å². The van der Waals surface area contributed by atoms with Gasteiger partial charge in [0, 0.05) is 18.8 Å². The SMILES string of the molecule is CCC(C)Cn1cncc1[C@@H]1CCCN1. The summed E-state index contributed by atoms with van der Waals surface area (Å²) in [6.07, 6.45) is 7.77. The van der Waals surface area contributed by atoms with E-state index in [1.807, 2.05) is 12.5 Å². The molecule has 1 aromatic rings. The Bertz CT molecular complexity index is 300. The molecule has 15 heavy (non-hydrogen) atoms. The maximum absolute atomic E-state index is 4.28. The molecule has 2 heterocycles. The van der Waals surface area contributed by atoms with E-state index in [2.05, 4.69) is 28.7 Å². The third kappa shape index (κ3) is 2.40. The fourth-order valence-corrected chi connectivity index (χ4v) is 2.18. The third-order valence-electron chi connectivity index (χ3n) is 3.37. The number of imidazole rings is 1. The zero-order valence-corrected chi connectivity index (χ0v) is 9.74. The molecular formula is C12H21N3. The highest BCUT2D eigenvalue weighted by Crippen LogP contribution is 2.23. The predicted molar refractivity (Wildman–Crippen MR) is 61.7 cm³/mol. The lowest BCUT2D eigenvalue weighted by molar-refractivity contribution is 0.445. The van der Waals surface area contributed by atoms with Crippen LogP contribution >= 0.6 is 0 Å². The van der Waals surface area contributed by atoms with Gasteiger partial charge < -0.3 is 9.88 Å².